The van der Waals surface area contributed by atoms with Gasteiger partial charge in [0.1, 0.15) is 5.82 Å². The first-order valence-corrected chi connectivity index (χ1v) is 14.2. The normalized spacial score (nSPS) is 21.9. The number of hydrogen-bond donors (Lipinski definition) is 2. The molecule has 2 N–H and O–H groups in total. The number of amides is 3. The van der Waals surface area contributed by atoms with Crippen molar-refractivity contribution in [1.82, 2.24) is 24.9 Å². The third-order valence-electron chi connectivity index (χ3n) is 8.33. The molecule has 0 unspecified atom stereocenters. The monoisotopic (exact) mass is 521 g/mol. The largest absolute Gasteiger partial charge is 0.338 e. The Morgan fingerprint density at radius 2 is 1.84 bits per heavy atom. The number of anilines is 3. The van der Waals surface area contributed by atoms with Crippen LogP contribution in [0.25, 0.3) is 0 Å². The molecule has 3 heterocycles. The van der Waals surface area contributed by atoms with Crippen molar-refractivity contribution in [2.45, 2.75) is 53.0 Å². The SMILES string of the molecule is Cc1ccc2c(c1)Nc1c(cnn1C)CN2C(=O)C1CCC(CNC(=O)N2CCN(CC(C)C)CC2)CC1. The fourth-order valence-electron chi connectivity index (χ4n) is 6.15. The van der Waals surface area contributed by atoms with Crippen molar-refractivity contribution < 1.29 is 9.59 Å². The van der Waals surface area contributed by atoms with Gasteiger partial charge in [-0.25, -0.2) is 4.79 Å². The molecule has 9 heteroatoms. The van der Waals surface area contributed by atoms with Crippen LogP contribution in [-0.2, 0) is 18.4 Å². The Bertz CT molecular complexity index is 1140. The van der Waals surface area contributed by atoms with E-state index in [4.69, 9.17) is 0 Å². The number of aryl methyl sites for hydroxylation is 2. The van der Waals surface area contributed by atoms with E-state index in [9.17, 15) is 9.59 Å². The maximum absolute atomic E-state index is 13.8. The average molecular weight is 522 g/mol. The molecule has 5 rings (SSSR count). The number of urea groups is 1. The lowest BCUT2D eigenvalue weighted by atomic mass is 9.81. The van der Waals surface area contributed by atoms with Crippen LogP contribution < -0.4 is 15.5 Å². The van der Waals surface area contributed by atoms with Gasteiger partial charge in [0.2, 0.25) is 5.91 Å². The summed E-state index contributed by atoms with van der Waals surface area (Å²) < 4.78 is 1.83. The number of carbonyl (C=O) groups excluding carboxylic acids is 2. The molecule has 1 aliphatic carbocycles. The van der Waals surface area contributed by atoms with Gasteiger partial charge < -0.3 is 20.4 Å². The maximum Gasteiger partial charge on any atom is 0.317 e. The van der Waals surface area contributed by atoms with Crippen molar-refractivity contribution in [3.05, 3.63) is 35.5 Å². The molecule has 9 nitrogen and oxygen atoms in total. The molecular weight excluding hydrogens is 478 g/mol. The molecule has 2 aromatic rings. The van der Waals surface area contributed by atoms with E-state index in [2.05, 4.69) is 59.6 Å². The number of carbonyl (C=O) groups is 2. The van der Waals surface area contributed by atoms with E-state index < -0.39 is 0 Å². The van der Waals surface area contributed by atoms with Gasteiger partial charge in [-0.15, -0.1) is 0 Å². The van der Waals surface area contributed by atoms with Crippen LogP contribution in [0.3, 0.4) is 0 Å². The highest BCUT2D eigenvalue weighted by Gasteiger charge is 2.33. The minimum atomic E-state index is 0.00311. The summed E-state index contributed by atoms with van der Waals surface area (Å²) in [6, 6.07) is 6.28. The van der Waals surface area contributed by atoms with E-state index in [1.165, 1.54) is 0 Å². The molecule has 0 atom stereocenters. The Labute approximate surface area is 226 Å². The zero-order valence-electron chi connectivity index (χ0n) is 23.4. The van der Waals surface area contributed by atoms with Gasteiger partial charge in [0.05, 0.1) is 24.1 Å². The molecule has 1 saturated carbocycles. The Hall–Kier alpha value is -3.07. The summed E-state index contributed by atoms with van der Waals surface area (Å²) in [6.07, 6.45) is 5.50. The van der Waals surface area contributed by atoms with E-state index in [-0.39, 0.29) is 17.9 Å². The van der Waals surface area contributed by atoms with Crippen molar-refractivity contribution in [3.63, 3.8) is 0 Å². The van der Waals surface area contributed by atoms with Crippen LogP contribution in [0, 0.1) is 24.7 Å². The van der Waals surface area contributed by atoms with E-state index in [0.717, 1.165) is 86.7 Å². The van der Waals surface area contributed by atoms with Gasteiger partial charge in [0, 0.05) is 57.8 Å². The Morgan fingerprint density at radius 1 is 1.11 bits per heavy atom. The van der Waals surface area contributed by atoms with Gasteiger partial charge in [0.15, 0.2) is 0 Å². The van der Waals surface area contributed by atoms with Crippen LogP contribution in [0.1, 0.15) is 50.7 Å². The van der Waals surface area contributed by atoms with Crippen molar-refractivity contribution >= 4 is 29.1 Å². The van der Waals surface area contributed by atoms with Crippen LogP contribution >= 0.6 is 0 Å². The fourth-order valence-corrected chi connectivity index (χ4v) is 6.15. The lowest BCUT2D eigenvalue weighted by molar-refractivity contribution is -0.123. The Balaban J connectivity index is 1.14. The number of fused-ring (bicyclic) bond motifs is 2. The number of nitrogens with one attached hydrogen (secondary N) is 2. The van der Waals surface area contributed by atoms with Gasteiger partial charge in [0.25, 0.3) is 0 Å². The minimum Gasteiger partial charge on any atom is -0.338 e. The van der Waals surface area contributed by atoms with E-state index in [0.29, 0.717) is 24.9 Å². The van der Waals surface area contributed by atoms with Gasteiger partial charge in [-0.2, -0.15) is 5.10 Å². The summed E-state index contributed by atoms with van der Waals surface area (Å²) in [5.74, 6) is 2.21. The molecule has 1 aromatic heterocycles. The van der Waals surface area contributed by atoms with E-state index in [1.807, 2.05) is 27.7 Å². The van der Waals surface area contributed by atoms with Crippen LogP contribution in [0.5, 0.6) is 0 Å². The van der Waals surface area contributed by atoms with Crippen molar-refractivity contribution in [2.24, 2.45) is 24.8 Å². The zero-order chi connectivity index (χ0) is 26.8. The lowest BCUT2D eigenvalue weighted by Crippen LogP contribution is -2.52. The van der Waals surface area contributed by atoms with Gasteiger partial charge in [-0.3, -0.25) is 14.4 Å². The zero-order valence-corrected chi connectivity index (χ0v) is 23.4. The third kappa shape index (κ3) is 5.82. The standard InChI is InChI=1S/C29H43N7O2/c1-20(2)18-34-11-13-35(14-12-34)29(38)30-16-22-6-8-23(9-7-22)28(37)36-19-24-17-31-33(4)27(24)32-25-15-21(3)5-10-26(25)36/h5,10,15,17,20,22-23,32H,6-9,11-14,16,18-19H2,1-4H3,(H,30,38). The van der Waals surface area contributed by atoms with Gasteiger partial charge in [-0.1, -0.05) is 19.9 Å². The van der Waals surface area contributed by atoms with Crippen molar-refractivity contribution in [2.75, 3.05) is 49.5 Å². The highest BCUT2D eigenvalue weighted by Crippen LogP contribution is 2.39. The second-order valence-electron chi connectivity index (χ2n) is 11.8. The summed E-state index contributed by atoms with van der Waals surface area (Å²) in [4.78, 5) is 32.9. The predicted molar refractivity (Wildman–Crippen MR) is 151 cm³/mol. The van der Waals surface area contributed by atoms with Gasteiger partial charge >= 0.3 is 6.03 Å². The molecule has 2 fully saturated rings. The number of piperazine rings is 1. The third-order valence-corrected chi connectivity index (χ3v) is 8.33. The molecule has 3 aliphatic rings. The molecule has 1 saturated heterocycles. The number of aromatic nitrogens is 2. The highest BCUT2D eigenvalue weighted by molar-refractivity contribution is 5.99. The molecule has 206 valence electrons. The van der Waals surface area contributed by atoms with Crippen LogP contribution in [0.15, 0.2) is 24.4 Å². The quantitative estimate of drug-likeness (QED) is 0.619. The maximum atomic E-state index is 13.8. The summed E-state index contributed by atoms with van der Waals surface area (Å²) in [5.41, 5.74) is 4.05. The highest BCUT2D eigenvalue weighted by atomic mass is 16.2. The predicted octanol–water partition coefficient (Wildman–Crippen LogP) is 4.11. The second-order valence-corrected chi connectivity index (χ2v) is 11.8. The first kappa shape index (κ1) is 26.5. The van der Waals surface area contributed by atoms with Crippen LogP contribution in [0.4, 0.5) is 22.0 Å². The summed E-state index contributed by atoms with van der Waals surface area (Å²) in [5, 5.41) is 11.1. The minimum absolute atomic E-state index is 0.00311. The molecule has 0 radical (unpaired) electrons. The number of rotatable bonds is 5. The number of benzene rings is 1. The number of nitrogens with zero attached hydrogens (tertiary/aromatic N) is 5. The van der Waals surface area contributed by atoms with Crippen LogP contribution in [-0.4, -0.2) is 70.8 Å². The summed E-state index contributed by atoms with van der Waals surface area (Å²) in [7, 11) is 1.92. The smallest absolute Gasteiger partial charge is 0.317 e. The van der Waals surface area contributed by atoms with Crippen molar-refractivity contribution in [3.8, 4) is 0 Å². The lowest BCUT2D eigenvalue weighted by Gasteiger charge is -2.36. The van der Waals surface area contributed by atoms with E-state index in [1.54, 1.807) is 0 Å². The number of hydrogen-bond acceptors (Lipinski definition) is 5. The van der Waals surface area contributed by atoms with E-state index >= 15 is 0 Å². The molecule has 2 aliphatic heterocycles. The topological polar surface area (TPSA) is 85.7 Å². The van der Waals surface area contributed by atoms with Crippen LogP contribution in [0.2, 0.25) is 0 Å². The van der Waals surface area contributed by atoms with Gasteiger partial charge in [-0.05, 0) is 62.1 Å². The molecule has 1 aromatic carbocycles. The first-order valence-electron chi connectivity index (χ1n) is 14.2. The molecule has 0 bridgehead atoms. The Kier molecular flexibility index (Phi) is 7.93. The first-order chi connectivity index (χ1) is 18.3. The van der Waals surface area contributed by atoms with Crippen molar-refractivity contribution in [1.29, 1.82) is 0 Å². The fraction of sp³-hybridized carbons (Fsp3) is 0.621. The molecule has 3 amide bonds. The Morgan fingerprint density at radius 3 is 2.55 bits per heavy atom. The summed E-state index contributed by atoms with van der Waals surface area (Å²) >= 11 is 0. The molecule has 0 spiro atoms. The second kappa shape index (κ2) is 11.4. The molecular formula is C29H43N7O2. The summed E-state index contributed by atoms with van der Waals surface area (Å²) in [6.45, 7) is 12.4. The molecule has 38 heavy (non-hydrogen) atoms. The average Bonchev–Trinajstić information content (AvgIpc) is 3.15.